The van der Waals surface area contributed by atoms with Crippen LogP contribution in [0.4, 0.5) is 8.78 Å². The highest BCUT2D eigenvalue weighted by Crippen LogP contribution is 2.24. The number of carbonyl (C=O) groups is 2. The quantitative estimate of drug-likeness (QED) is 0.734. The van der Waals surface area contributed by atoms with Crippen LogP contribution in [-0.4, -0.2) is 18.2 Å². The zero-order chi connectivity index (χ0) is 13.7. The lowest BCUT2D eigenvalue weighted by Gasteiger charge is -2.13. The van der Waals surface area contributed by atoms with E-state index in [1.165, 1.54) is 25.1 Å². The molecule has 0 aromatic heterocycles. The van der Waals surface area contributed by atoms with Crippen LogP contribution >= 0.6 is 0 Å². The van der Waals surface area contributed by atoms with Crippen molar-refractivity contribution in [2.45, 2.75) is 26.9 Å². The molecule has 0 heterocycles. The fourth-order valence-corrected chi connectivity index (χ4v) is 1.66. The molecule has 0 fully saturated rings. The molecule has 0 aliphatic carbocycles. The number of para-hydroxylation sites is 1. The molecule has 5 heteroatoms. The van der Waals surface area contributed by atoms with E-state index in [2.05, 4.69) is 4.74 Å². The molecule has 0 saturated heterocycles. The normalized spacial score (nSPS) is 12.3. The molecule has 0 radical (unpaired) electrons. The summed E-state index contributed by atoms with van der Waals surface area (Å²) in [4.78, 5) is 23.0. The Morgan fingerprint density at radius 2 is 1.89 bits per heavy atom. The molecule has 1 aromatic carbocycles. The van der Waals surface area contributed by atoms with Crippen molar-refractivity contribution >= 4 is 11.6 Å². The van der Waals surface area contributed by atoms with Crippen LogP contribution in [0.1, 0.15) is 30.6 Å². The summed E-state index contributed by atoms with van der Waals surface area (Å²) in [7, 11) is 0. The van der Waals surface area contributed by atoms with Crippen LogP contribution in [0, 0.1) is 5.92 Å². The Hall–Kier alpha value is -1.78. The number of ether oxygens (including phenoxy) is 1. The van der Waals surface area contributed by atoms with Crippen molar-refractivity contribution in [2.24, 2.45) is 5.92 Å². The summed E-state index contributed by atoms with van der Waals surface area (Å²) in [6.07, 6.45) is 0.0852. The van der Waals surface area contributed by atoms with Gasteiger partial charge in [0.15, 0.2) is 5.78 Å². The zero-order valence-electron chi connectivity index (χ0n) is 10.2. The summed E-state index contributed by atoms with van der Waals surface area (Å²) in [5.41, 5.74) is 0.0755. The van der Waals surface area contributed by atoms with E-state index in [1.54, 1.807) is 13.0 Å². The molecule has 1 rings (SSSR count). The maximum absolute atomic E-state index is 12.2. The van der Waals surface area contributed by atoms with E-state index in [0.29, 0.717) is 0 Å². The third kappa shape index (κ3) is 3.91. The third-order valence-corrected chi connectivity index (χ3v) is 2.41. The molecule has 0 aliphatic rings. The average molecular weight is 256 g/mol. The Kier molecular flexibility index (Phi) is 4.95. The summed E-state index contributed by atoms with van der Waals surface area (Å²) >= 11 is 0. The lowest BCUT2D eigenvalue weighted by molar-refractivity contribution is -0.117. The van der Waals surface area contributed by atoms with Gasteiger partial charge in [-0.05, 0) is 19.1 Å². The molecular formula is C13H14F2O3. The minimum Gasteiger partial charge on any atom is -0.434 e. The molecule has 0 bridgehead atoms. The number of halogens is 2. The Balaban J connectivity index is 2.94. The van der Waals surface area contributed by atoms with Gasteiger partial charge < -0.3 is 9.53 Å². The molecule has 98 valence electrons. The predicted molar refractivity (Wildman–Crippen MR) is 61.9 cm³/mol. The maximum atomic E-state index is 12.2. The lowest BCUT2D eigenvalue weighted by atomic mass is 9.94. The Morgan fingerprint density at radius 3 is 2.44 bits per heavy atom. The number of ketones is 2. The summed E-state index contributed by atoms with van der Waals surface area (Å²) in [5.74, 6) is -1.21. The minimum absolute atomic E-state index is 0.0755. The first-order valence-corrected chi connectivity index (χ1v) is 5.49. The SMILES string of the molecule is CC(=O)CC(C)C(=O)c1ccccc1OC(F)F. The lowest BCUT2D eigenvalue weighted by Crippen LogP contribution is -2.16. The molecule has 18 heavy (non-hydrogen) atoms. The Labute approximate surface area is 104 Å². The molecular weight excluding hydrogens is 242 g/mol. The van der Waals surface area contributed by atoms with Crippen LogP contribution in [0.15, 0.2) is 24.3 Å². The first kappa shape index (κ1) is 14.3. The molecule has 3 nitrogen and oxygen atoms in total. The summed E-state index contributed by atoms with van der Waals surface area (Å²) < 4.78 is 28.7. The molecule has 1 unspecified atom stereocenters. The zero-order valence-corrected chi connectivity index (χ0v) is 10.2. The number of hydrogen-bond acceptors (Lipinski definition) is 3. The number of carbonyl (C=O) groups excluding carboxylic acids is 2. The average Bonchev–Trinajstić information content (AvgIpc) is 2.27. The van der Waals surface area contributed by atoms with Gasteiger partial charge in [-0.3, -0.25) is 4.79 Å². The van der Waals surface area contributed by atoms with Crippen LogP contribution in [-0.2, 0) is 4.79 Å². The minimum atomic E-state index is -2.98. The first-order chi connectivity index (χ1) is 8.41. The maximum Gasteiger partial charge on any atom is 0.387 e. The van der Waals surface area contributed by atoms with E-state index in [0.717, 1.165) is 0 Å². The van der Waals surface area contributed by atoms with Gasteiger partial charge in [0.2, 0.25) is 0 Å². The topological polar surface area (TPSA) is 43.4 Å². The number of rotatable bonds is 6. The van der Waals surface area contributed by atoms with Crippen molar-refractivity contribution in [2.75, 3.05) is 0 Å². The van der Waals surface area contributed by atoms with Gasteiger partial charge in [0, 0.05) is 12.3 Å². The number of benzene rings is 1. The van der Waals surface area contributed by atoms with E-state index in [-0.39, 0.29) is 29.3 Å². The van der Waals surface area contributed by atoms with Crippen molar-refractivity contribution in [1.82, 2.24) is 0 Å². The number of hydrogen-bond donors (Lipinski definition) is 0. The van der Waals surface area contributed by atoms with Crippen LogP contribution in [0.5, 0.6) is 5.75 Å². The molecule has 0 spiro atoms. The second-order valence-corrected chi connectivity index (χ2v) is 4.05. The molecule has 0 aliphatic heterocycles. The van der Waals surface area contributed by atoms with Gasteiger partial charge in [0.05, 0.1) is 5.56 Å². The van der Waals surface area contributed by atoms with E-state index < -0.39 is 12.5 Å². The van der Waals surface area contributed by atoms with Gasteiger partial charge in [0.1, 0.15) is 11.5 Å². The smallest absolute Gasteiger partial charge is 0.387 e. The van der Waals surface area contributed by atoms with Crippen molar-refractivity contribution in [1.29, 1.82) is 0 Å². The summed E-state index contributed by atoms with van der Waals surface area (Å²) in [6.45, 7) is -0.0177. The van der Waals surface area contributed by atoms with Crippen molar-refractivity contribution < 1.29 is 23.1 Å². The highest BCUT2D eigenvalue weighted by molar-refractivity contribution is 6.01. The largest absolute Gasteiger partial charge is 0.434 e. The highest BCUT2D eigenvalue weighted by atomic mass is 19.3. The van der Waals surface area contributed by atoms with E-state index in [4.69, 9.17) is 0 Å². The third-order valence-electron chi connectivity index (χ3n) is 2.41. The van der Waals surface area contributed by atoms with Crippen LogP contribution < -0.4 is 4.74 Å². The monoisotopic (exact) mass is 256 g/mol. The van der Waals surface area contributed by atoms with Gasteiger partial charge >= 0.3 is 6.61 Å². The molecule has 1 aromatic rings. The molecule has 0 amide bonds. The van der Waals surface area contributed by atoms with Gasteiger partial charge in [-0.15, -0.1) is 0 Å². The Morgan fingerprint density at radius 1 is 1.28 bits per heavy atom. The van der Waals surface area contributed by atoms with Crippen molar-refractivity contribution in [3.05, 3.63) is 29.8 Å². The van der Waals surface area contributed by atoms with E-state index in [1.807, 2.05) is 0 Å². The van der Waals surface area contributed by atoms with Gasteiger partial charge in [0.25, 0.3) is 0 Å². The summed E-state index contributed by atoms with van der Waals surface area (Å²) in [5, 5.41) is 0. The predicted octanol–water partition coefficient (Wildman–Crippen LogP) is 3.09. The standard InChI is InChI=1S/C13H14F2O3/c1-8(7-9(2)16)12(17)10-5-3-4-6-11(10)18-13(14)15/h3-6,8,13H,7H2,1-2H3. The second kappa shape index (κ2) is 6.23. The van der Waals surface area contributed by atoms with E-state index >= 15 is 0 Å². The molecule has 0 N–H and O–H groups in total. The molecule has 0 saturated carbocycles. The number of alkyl halides is 2. The summed E-state index contributed by atoms with van der Waals surface area (Å²) in [6, 6.07) is 5.78. The fourth-order valence-electron chi connectivity index (χ4n) is 1.66. The van der Waals surface area contributed by atoms with Gasteiger partial charge in [-0.1, -0.05) is 19.1 Å². The van der Waals surface area contributed by atoms with Crippen molar-refractivity contribution in [3.8, 4) is 5.75 Å². The highest BCUT2D eigenvalue weighted by Gasteiger charge is 2.21. The second-order valence-electron chi connectivity index (χ2n) is 4.05. The van der Waals surface area contributed by atoms with Gasteiger partial charge in [-0.2, -0.15) is 8.78 Å². The fraction of sp³-hybridized carbons (Fsp3) is 0.385. The first-order valence-electron chi connectivity index (χ1n) is 5.49. The molecule has 1 atom stereocenters. The van der Waals surface area contributed by atoms with E-state index in [9.17, 15) is 18.4 Å². The van der Waals surface area contributed by atoms with Crippen molar-refractivity contribution in [3.63, 3.8) is 0 Å². The number of Topliss-reactive ketones (excluding diaryl/α,β-unsaturated/α-hetero) is 2. The van der Waals surface area contributed by atoms with Crippen LogP contribution in [0.25, 0.3) is 0 Å². The van der Waals surface area contributed by atoms with Crippen LogP contribution in [0.3, 0.4) is 0 Å². The van der Waals surface area contributed by atoms with Crippen LogP contribution in [0.2, 0.25) is 0 Å². The Bertz CT molecular complexity index is 444. The van der Waals surface area contributed by atoms with Gasteiger partial charge in [-0.25, -0.2) is 0 Å².